The number of ether oxygens (including phenoxy) is 1. The molecular weight excluding hydrogens is 364 g/mol. The summed E-state index contributed by atoms with van der Waals surface area (Å²) in [5.74, 6) is 2.27. The maximum absolute atomic E-state index is 12.5. The molecule has 0 aliphatic carbocycles. The van der Waals surface area contributed by atoms with Crippen LogP contribution in [0.4, 0.5) is 0 Å². The summed E-state index contributed by atoms with van der Waals surface area (Å²) in [6, 6.07) is 8.43. The van der Waals surface area contributed by atoms with Gasteiger partial charge in [-0.2, -0.15) is 0 Å². The molecule has 0 spiro atoms. The number of hydrogen-bond donors (Lipinski definition) is 2. The van der Waals surface area contributed by atoms with Crippen LogP contribution in [0.2, 0.25) is 0 Å². The molecular formula is C23H38N4O2. The van der Waals surface area contributed by atoms with E-state index in [2.05, 4.69) is 42.5 Å². The number of nitrogens with zero attached hydrogens (tertiary/aromatic N) is 2. The van der Waals surface area contributed by atoms with Gasteiger partial charge in [-0.3, -0.25) is 9.79 Å². The van der Waals surface area contributed by atoms with E-state index in [1.54, 1.807) is 7.05 Å². The Morgan fingerprint density at radius 1 is 1.24 bits per heavy atom. The average Bonchev–Trinajstić information content (AvgIpc) is 2.75. The Kier molecular flexibility index (Phi) is 9.81. The number of benzene rings is 1. The molecule has 1 aromatic carbocycles. The van der Waals surface area contributed by atoms with Gasteiger partial charge in [0.25, 0.3) is 0 Å². The van der Waals surface area contributed by atoms with Crippen LogP contribution in [-0.4, -0.2) is 56.1 Å². The first-order chi connectivity index (χ1) is 14.1. The molecule has 6 nitrogen and oxygen atoms in total. The Hall–Kier alpha value is -2.24. The summed E-state index contributed by atoms with van der Waals surface area (Å²) in [4.78, 5) is 18.9. The number of aliphatic imine (C=N–C) groups is 1. The van der Waals surface area contributed by atoms with Crippen molar-refractivity contribution in [2.75, 3.05) is 33.3 Å². The van der Waals surface area contributed by atoms with Crippen molar-refractivity contribution >= 4 is 11.9 Å². The van der Waals surface area contributed by atoms with Crippen LogP contribution in [0.1, 0.15) is 51.5 Å². The van der Waals surface area contributed by atoms with Gasteiger partial charge in [0.15, 0.2) is 5.96 Å². The molecule has 1 fully saturated rings. The lowest BCUT2D eigenvalue weighted by atomic mass is 9.98. The first-order valence-electron chi connectivity index (χ1n) is 11.0. The zero-order valence-corrected chi connectivity index (χ0v) is 18.5. The fourth-order valence-corrected chi connectivity index (χ4v) is 3.71. The lowest BCUT2D eigenvalue weighted by Gasteiger charge is -2.34. The highest BCUT2D eigenvalue weighted by Crippen LogP contribution is 2.18. The fraction of sp³-hybridized carbons (Fsp3) is 0.652. The third-order valence-electron chi connectivity index (χ3n) is 5.67. The van der Waals surface area contributed by atoms with E-state index in [9.17, 15) is 4.79 Å². The highest BCUT2D eigenvalue weighted by atomic mass is 16.5. The van der Waals surface area contributed by atoms with Gasteiger partial charge in [0.05, 0.1) is 6.61 Å². The largest absolute Gasteiger partial charge is 0.493 e. The van der Waals surface area contributed by atoms with Crippen molar-refractivity contribution in [2.45, 2.75) is 58.9 Å². The van der Waals surface area contributed by atoms with Gasteiger partial charge in [-0.15, -0.1) is 0 Å². The summed E-state index contributed by atoms with van der Waals surface area (Å²) < 4.78 is 5.84. The molecule has 0 atom stereocenters. The Morgan fingerprint density at radius 2 is 1.93 bits per heavy atom. The van der Waals surface area contributed by atoms with Gasteiger partial charge in [0.1, 0.15) is 5.75 Å². The summed E-state index contributed by atoms with van der Waals surface area (Å²) in [5, 5.41) is 6.87. The molecule has 6 heteroatoms. The number of carbonyl (C=O) groups excluding carboxylic acids is 1. The molecule has 0 unspecified atom stereocenters. The maximum Gasteiger partial charge on any atom is 0.225 e. The molecule has 1 heterocycles. The van der Waals surface area contributed by atoms with Crippen molar-refractivity contribution in [3.63, 3.8) is 0 Å². The maximum atomic E-state index is 12.5. The van der Waals surface area contributed by atoms with Gasteiger partial charge >= 0.3 is 0 Å². The van der Waals surface area contributed by atoms with Gasteiger partial charge in [-0.05, 0) is 50.7 Å². The normalized spacial score (nSPS) is 15.5. The third-order valence-corrected chi connectivity index (χ3v) is 5.67. The van der Waals surface area contributed by atoms with Gasteiger partial charge in [-0.25, -0.2) is 0 Å². The summed E-state index contributed by atoms with van der Waals surface area (Å²) in [6.07, 6.45) is 4.68. The van der Waals surface area contributed by atoms with Crippen LogP contribution in [0, 0.1) is 12.8 Å². The number of guanidine groups is 1. The van der Waals surface area contributed by atoms with Crippen molar-refractivity contribution in [2.24, 2.45) is 10.9 Å². The van der Waals surface area contributed by atoms with E-state index in [1.165, 1.54) is 0 Å². The van der Waals surface area contributed by atoms with Crippen LogP contribution in [0.5, 0.6) is 5.75 Å². The van der Waals surface area contributed by atoms with E-state index >= 15 is 0 Å². The second-order valence-corrected chi connectivity index (χ2v) is 7.72. The van der Waals surface area contributed by atoms with E-state index in [1.807, 2.05) is 23.1 Å². The first kappa shape index (κ1) is 23.0. The minimum atomic E-state index is 0.177. The number of amides is 1. The predicted molar refractivity (Wildman–Crippen MR) is 119 cm³/mol. The number of piperidine rings is 1. The summed E-state index contributed by atoms with van der Waals surface area (Å²) >= 11 is 0. The molecule has 0 saturated carbocycles. The quantitative estimate of drug-likeness (QED) is 0.378. The van der Waals surface area contributed by atoms with Crippen molar-refractivity contribution in [3.05, 3.63) is 29.8 Å². The van der Waals surface area contributed by atoms with E-state index in [-0.39, 0.29) is 5.92 Å². The van der Waals surface area contributed by atoms with Crippen molar-refractivity contribution in [3.8, 4) is 5.75 Å². The number of likely N-dealkylation sites (tertiary alicyclic amines) is 1. The lowest BCUT2D eigenvalue weighted by Crippen LogP contribution is -2.50. The molecule has 0 radical (unpaired) electrons. The second kappa shape index (κ2) is 12.3. The number of aryl methyl sites for hydroxylation is 1. The minimum absolute atomic E-state index is 0.177. The van der Waals surface area contributed by atoms with Crippen LogP contribution in [0.25, 0.3) is 0 Å². The first-order valence-corrected chi connectivity index (χ1v) is 11.0. The number of carbonyl (C=O) groups is 1. The monoisotopic (exact) mass is 402 g/mol. The number of nitrogens with one attached hydrogen (secondary N) is 2. The summed E-state index contributed by atoms with van der Waals surface area (Å²) in [6.45, 7) is 9.39. The number of hydrogen-bond acceptors (Lipinski definition) is 3. The van der Waals surface area contributed by atoms with Crippen LogP contribution in [0.15, 0.2) is 29.3 Å². The van der Waals surface area contributed by atoms with E-state index in [0.717, 1.165) is 69.0 Å². The van der Waals surface area contributed by atoms with E-state index in [0.29, 0.717) is 18.6 Å². The Labute approximate surface area is 176 Å². The molecule has 29 heavy (non-hydrogen) atoms. The molecule has 2 N–H and O–H groups in total. The molecule has 0 bridgehead atoms. The van der Waals surface area contributed by atoms with Crippen LogP contribution >= 0.6 is 0 Å². The highest BCUT2D eigenvalue weighted by molar-refractivity contribution is 5.80. The lowest BCUT2D eigenvalue weighted by molar-refractivity contribution is -0.136. The predicted octanol–water partition coefficient (Wildman–Crippen LogP) is 3.36. The Bertz CT molecular complexity index is 650. The van der Waals surface area contributed by atoms with Gasteiger partial charge in [-0.1, -0.05) is 32.0 Å². The summed E-state index contributed by atoms with van der Waals surface area (Å²) in [5.41, 5.74) is 1.16. The molecule has 1 aromatic rings. The smallest absolute Gasteiger partial charge is 0.225 e. The average molecular weight is 403 g/mol. The molecule has 1 aliphatic rings. The number of rotatable bonds is 9. The molecule has 1 aliphatic heterocycles. The molecule has 162 valence electrons. The highest BCUT2D eigenvalue weighted by Gasteiger charge is 2.26. The van der Waals surface area contributed by atoms with Crippen LogP contribution in [-0.2, 0) is 4.79 Å². The van der Waals surface area contributed by atoms with Gasteiger partial charge in [0.2, 0.25) is 5.91 Å². The van der Waals surface area contributed by atoms with Crippen molar-refractivity contribution in [1.29, 1.82) is 0 Å². The number of para-hydroxylation sites is 1. The zero-order chi connectivity index (χ0) is 21.1. The van der Waals surface area contributed by atoms with Crippen LogP contribution < -0.4 is 15.4 Å². The van der Waals surface area contributed by atoms with Gasteiger partial charge in [0, 0.05) is 38.6 Å². The standard InChI is InChI=1S/C23H38N4O2/c1-5-19(6-2)22(28)27-15-12-20(13-16-27)26-23(24-4)25-14-9-17-29-21-11-8-7-10-18(21)3/h7-8,10-11,19-20H,5-6,9,12-17H2,1-4H3,(H2,24,25,26). The molecule has 1 saturated heterocycles. The Balaban J connectivity index is 1.65. The molecule has 0 aromatic heterocycles. The zero-order valence-electron chi connectivity index (χ0n) is 18.5. The van der Waals surface area contributed by atoms with E-state index < -0.39 is 0 Å². The van der Waals surface area contributed by atoms with Gasteiger partial charge < -0.3 is 20.3 Å². The second-order valence-electron chi connectivity index (χ2n) is 7.72. The Morgan fingerprint density at radius 3 is 2.55 bits per heavy atom. The molecule has 2 rings (SSSR count). The minimum Gasteiger partial charge on any atom is -0.493 e. The fourth-order valence-electron chi connectivity index (χ4n) is 3.71. The topological polar surface area (TPSA) is 66.0 Å². The van der Waals surface area contributed by atoms with Crippen molar-refractivity contribution < 1.29 is 9.53 Å². The van der Waals surface area contributed by atoms with Crippen molar-refractivity contribution in [1.82, 2.24) is 15.5 Å². The third kappa shape index (κ3) is 7.26. The molecule has 1 amide bonds. The van der Waals surface area contributed by atoms with E-state index in [4.69, 9.17) is 4.74 Å². The SMILES string of the molecule is CCC(CC)C(=O)N1CCC(NC(=NC)NCCCOc2ccccc2C)CC1. The summed E-state index contributed by atoms with van der Waals surface area (Å²) in [7, 11) is 1.80. The van der Waals surface area contributed by atoms with Crippen LogP contribution in [0.3, 0.4) is 0 Å².